The molecule has 0 saturated carbocycles. The van der Waals surface area contributed by atoms with E-state index >= 15 is 0 Å². The van der Waals surface area contributed by atoms with Crippen molar-refractivity contribution in [3.8, 4) is 11.1 Å². The average molecular weight is 389 g/mol. The molecule has 2 aromatic carbocycles. The molecule has 0 aromatic heterocycles. The van der Waals surface area contributed by atoms with Crippen LogP contribution in [0.15, 0.2) is 36.4 Å². The highest BCUT2D eigenvalue weighted by molar-refractivity contribution is 6.49. The van der Waals surface area contributed by atoms with Crippen LogP contribution < -0.4 is 10.5 Å². The summed E-state index contributed by atoms with van der Waals surface area (Å²) in [6, 6.07) is 7.78. The zero-order chi connectivity index (χ0) is 18.1. The van der Waals surface area contributed by atoms with Gasteiger partial charge in [-0.1, -0.05) is 23.2 Å². The zero-order valence-electron chi connectivity index (χ0n) is 11.8. The first-order chi connectivity index (χ1) is 10.9. The lowest BCUT2D eigenvalue weighted by Gasteiger charge is -2.14. The molecule has 0 amide bonds. The fourth-order valence-electron chi connectivity index (χ4n) is 2.09. The van der Waals surface area contributed by atoms with Crippen LogP contribution in [0.5, 0.6) is 0 Å². The first-order valence-corrected chi connectivity index (χ1v) is 7.41. The molecule has 12 heteroatoms. The summed E-state index contributed by atoms with van der Waals surface area (Å²) < 4.78 is 74.5. The fourth-order valence-corrected chi connectivity index (χ4v) is 2.58. The van der Waals surface area contributed by atoms with Gasteiger partial charge in [-0.2, -0.15) is 0 Å². The van der Waals surface area contributed by atoms with Crippen LogP contribution >= 0.6 is 23.2 Å². The fraction of sp³-hybridized carbons (Fsp3) is 0. The highest BCUT2D eigenvalue weighted by Crippen LogP contribution is 2.30. The molecular formula is C12H10B2Cl2F6N2. The summed E-state index contributed by atoms with van der Waals surface area (Å²) in [5, 5.41) is 0.0275. The van der Waals surface area contributed by atoms with Gasteiger partial charge in [0.25, 0.3) is 0 Å². The summed E-state index contributed by atoms with van der Waals surface area (Å²) >= 11 is 11.7. The molecule has 2 aromatic rings. The lowest BCUT2D eigenvalue weighted by Crippen LogP contribution is -2.91. The third-order valence-electron chi connectivity index (χ3n) is 3.07. The van der Waals surface area contributed by atoms with E-state index < -0.39 is 14.2 Å². The largest absolute Gasteiger partial charge is 0.734 e. The summed E-state index contributed by atoms with van der Waals surface area (Å²) in [5.41, 5.74) is 0.531. The molecule has 0 saturated heterocycles. The molecular weight excluding hydrogens is 379 g/mol. The number of benzene rings is 2. The quantitative estimate of drug-likeness (QED) is 0.444. The summed E-state index contributed by atoms with van der Waals surface area (Å²) in [5.74, 6) is 0. The number of halogens is 8. The molecule has 130 valence electrons. The Hall–Kier alpha value is -1.35. The second-order valence-corrected chi connectivity index (χ2v) is 5.87. The Balaban J connectivity index is 2.29. The van der Waals surface area contributed by atoms with Gasteiger partial charge in [0, 0.05) is 0 Å². The van der Waals surface area contributed by atoms with Crippen molar-refractivity contribution < 1.29 is 36.3 Å². The van der Waals surface area contributed by atoms with E-state index in [0.29, 0.717) is 11.1 Å². The summed E-state index contributed by atoms with van der Waals surface area (Å²) in [4.78, 5) is 0. The van der Waals surface area contributed by atoms with Gasteiger partial charge in [-0.05, 0) is 47.5 Å². The van der Waals surface area contributed by atoms with Crippen LogP contribution in [0.2, 0.25) is 10.0 Å². The molecule has 4 N–H and O–H groups in total. The van der Waals surface area contributed by atoms with E-state index in [0.717, 1.165) is 0 Å². The molecule has 0 atom stereocenters. The Morgan fingerprint density at radius 1 is 0.625 bits per heavy atom. The SMILES string of the molecule is F[B-](F)(F)[NH2+]c1ccc(-c2ccc([NH2+][B-](F)(F)F)c(Cl)c2)cc1Cl. The minimum absolute atomic E-state index is 0.114. The van der Waals surface area contributed by atoms with Crippen molar-refractivity contribution in [1.29, 1.82) is 0 Å². The predicted octanol–water partition coefficient (Wildman–Crippen LogP) is 3.74. The van der Waals surface area contributed by atoms with Crippen molar-refractivity contribution in [2.24, 2.45) is 0 Å². The van der Waals surface area contributed by atoms with E-state index in [1.165, 1.54) is 36.4 Å². The molecule has 24 heavy (non-hydrogen) atoms. The molecule has 2 nitrogen and oxygen atoms in total. The number of quaternary nitrogens is 2. The molecule has 0 heterocycles. The van der Waals surface area contributed by atoms with Gasteiger partial charge in [0.15, 0.2) is 0 Å². The maximum absolute atomic E-state index is 12.4. The van der Waals surface area contributed by atoms with Crippen molar-refractivity contribution in [1.82, 2.24) is 0 Å². The summed E-state index contributed by atoms with van der Waals surface area (Å²) in [6.07, 6.45) is 0. The van der Waals surface area contributed by atoms with Gasteiger partial charge in [0.1, 0.15) is 11.4 Å². The zero-order valence-corrected chi connectivity index (χ0v) is 13.3. The van der Waals surface area contributed by atoms with Crippen molar-refractivity contribution >= 4 is 48.8 Å². The molecule has 0 aliphatic rings. The van der Waals surface area contributed by atoms with Crippen LogP contribution in [0.25, 0.3) is 11.1 Å². The lowest BCUT2D eigenvalue weighted by atomic mass is 10.0. The highest BCUT2D eigenvalue weighted by Gasteiger charge is 2.35. The Morgan fingerprint density at radius 2 is 0.958 bits per heavy atom. The van der Waals surface area contributed by atoms with Crippen molar-refractivity contribution in [2.75, 3.05) is 0 Å². The number of nitrogens with two attached hydrogens (primary N) is 2. The van der Waals surface area contributed by atoms with E-state index in [-0.39, 0.29) is 31.9 Å². The highest BCUT2D eigenvalue weighted by atomic mass is 35.5. The van der Waals surface area contributed by atoms with Crippen LogP contribution in [0.1, 0.15) is 0 Å². The van der Waals surface area contributed by atoms with Crippen LogP contribution in [0.3, 0.4) is 0 Å². The molecule has 0 bridgehead atoms. The van der Waals surface area contributed by atoms with E-state index in [1.54, 1.807) is 0 Å². The van der Waals surface area contributed by atoms with Gasteiger partial charge in [0.2, 0.25) is 0 Å². The van der Waals surface area contributed by atoms with Crippen LogP contribution in [-0.4, -0.2) is 14.2 Å². The van der Waals surface area contributed by atoms with Crippen LogP contribution in [0, 0.1) is 0 Å². The predicted molar refractivity (Wildman–Crippen MR) is 83.2 cm³/mol. The first kappa shape index (κ1) is 19.0. The second-order valence-electron chi connectivity index (χ2n) is 5.06. The average Bonchev–Trinajstić information content (AvgIpc) is 2.40. The summed E-state index contributed by atoms with van der Waals surface area (Å²) in [6.45, 7) is 0. The van der Waals surface area contributed by atoms with Gasteiger partial charge in [-0.25, -0.2) is 0 Å². The van der Waals surface area contributed by atoms with Gasteiger partial charge >= 0.3 is 14.2 Å². The Morgan fingerprint density at radius 3 is 1.21 bits per heavy atom. The molecule has 0 fully saturated rings. The van der Waals surface area contributed by atoms with E-state index in [2.05, 4.69) is 0 Å². The van der Waals surface area contributed by atoms with Crippen molar-refractivity contribution in [3.05, 3.63) is 46.4 Å². The van der Waals surface area contributed by atoms with E-state index in [4.69, 9.17) is 23.2 Å². The van der Waals surface area contributed by atoms with Crippen LogP contribution in [0.4, 0.5) is 37.3 Å². The maximum atomic E-state index is 12.4. The third kappa shape index (κ3) is 5.34. The summed E-state index contributed by atoms with van der Waals surface area (Å²) in [7, 11) is -10.3. The topological polar surface area (TPSA) is 33.2 Å². The lowest BCUT2D eigenvalue weighted by molar-refractivity contribution is -0.471. The maximum Gasteiger partial charge on any atom is 0.734 e. The minimum atomic E-state index is -5.14. The van der Waals surface area contributed by atoms with Gasteiger partial charge in [-0.15, -0.1) is 0 Å². The van der Waals surface area contributed by atoms with Gasteiger partial charge < -0.3 is 36.3 Å². The second kappa shape index (κ2) is 6.87. The van der Waals surface area contributed by atoms with Crippen molar-refractivity contribution in [2.45, 2.75) is 0 Å². The Labute approximate surface area is 143 Å². The Bertz CT molecular complexity index is 688. The van der Waals surface area contributed by atoms with Crippen molar-refractivity contribution in [3.63, 3.8) is 0 Å². The standard InChI is InChI=1S/C12H10B2Cl2F6N2/c15-9-5-7(1-3-11(9)23-13(17,18)19)8-2-4-12(10(16)6-8)24-14(20,21)22/h1-6H,23-24H2. The first-order valence-electron chi connectivity index (χ1n) is 6.66. The Kier molecular flexibility index (Phi) is 5.44. The number of hydrogen-bond acceptors (Lipinski definition) is 0. The monoisotopic (exact) mass is 388 g/mol. The van der Waals surface area contributed by atoms with Gasteiger partial charge in [-0.3, -0.25) is 0 Å². The number of hydrogen-bond donors (Lipinski definition) is 2. The molecule has 0 spiro atoms. The minimum Gasteiger partial charge on any atom is -0.409 e. The third-order valence-corrected chi connectivity index (χ3v) is 3.73. The molecule has 0 unspecified atom stereocenters. The molecule has 0 aliphatic heterocycles. The van der Waals surface area contributed by atoms with Crippen LogP contribution in [-0.2, 0) is 0 Å². The normalized spacial score (nSPS) is 12.5. The van der Waals surface area contributed by atoms with E-state index in [9.17, 15) is 25.9 Å². The molecule has 0 aliphatic carbocycles. The smallest absolute Gasteiger partial charge is 0.409 e. The molecule has 2 rings (SSSR count). The number of rotatable bonds is 5. The van der Waals surface area contributed by atoms with E-state index in [1.807, 2.05) is 0 Å². The molecule has 0 radical (unpaired) electrons. The van der Waals surface area contributed by atoms with Gasteiger partial charge in [0.05, 0.1) is 10.0 Å².